The van der Waals surface area contributed by atoms with Crippen molar-refractivity contribution in [3.63, 3.8) is 0 Å². The number of carboxylic acid groups (broad SMARTS) is 1. The molecular formula is C80H142ClN9O25Y2-4. The SMILES string of the molecule is CC(C)(C)OC(=O)CC(C(=O)O)C(C)(C)C.COC(=O)[C@@H]1C[C@H](C)CN1C(=O)[C@@H](NC(=O)OC(C)(C)C)C(C)(C)C.COC(=O)[C@@H]1C[C@H](O)CN1.COC(=O)[C@@H]1C[C@H](O)CN1C(=O)[C@@H](NC(=O)OC(C)(C)C)C(C)(C)C.Cl.[CH-]=C.[CH-]=C.[CH2-]/C(C)=N\O[C@@H]1C[C@@H](C(=O)OC)N(C(=O)[C@@H](NC(=O)OC(C)(C)C)C(C)(C)C)C1.[CH2-]C(C)=NO.[Y].[Y]. The van der Waals surface area contributed by atoms with E-state index in [1.165, 1.54) is 43.1 Å². The van der Waals surface area contributed by atoms with Gasteiger partial charge >= 0.3 is 54.1 Å². The molecule has 4 fully saturated rings. The number of esters is 5. The minimum Gasteiger partial charge on any atom is -0.521 e. The van der Waals surface area contributed by atoms with Gasteiger partial charge in [0.2, 0.25) is 17.7 Å². The molecule has 6 amide bonds. The molecule has 12 atom stereocenters. The number of carboxylic acids is 1. The Labute approximate surface area is 752 Å². The number of halogens is 1. The monoisotopic (exact) mass is 1840 g/mol. The zero-order valence-corrected chi connectivity index (χ0v) is 81.9. The van der Waals surface area contributed by atoms with E-state index in [0.29, 0.717) is 37.4 Å². The normalized spacial score (nSPS) is 20.1. The minimum atomic E-state index is -0.960. The number of β-amino-alcohol motifs (C(OH)–C–C–N with tert-alkyl or cyclic N) is 2. The van der Waals surface area contributed by atoms with Crippen molar-refractivity contribution < 1.29 is 186 Å². The van der Waals surface area contributed by atoms with Crippen LogP contribution in [0, 0.1) is 60.5 Å². The second kappa shape index (κ2) is 55.5. The molecule has 117 heavy (non-hydrogen) atoms. The van der Waals surface area contributed by atoms with E-state index in [-0.39, 0.29) is 134 Å². The predicted molar refractivity (Wildman–Crippen MR) is 436 cm³/mol. The van der Waals surface area contributed by atoms with E-state index in [0.717, 1.165) is 0 Å². The van der Waals surface area contributed by atoms with Crippen molar-refractivity contribution in [3.8, 4) is 0 Å². The summed E-state index contributed by atoms with van der Waals surface area (Å²) >= 11 is 0. The summed E-state index contributed by atoms with van der Waals surface area (Å²) in [5.74, 6) is -4.98. The number of alkyl carbamates (subject to hydrolysis) is 3. The molecule has 0 aliphatic carbocycles. The maximum Gasteiger partial charge on any atom is 0.408 e. The number of carbonyl (C=O) groups is 12. The van der Waals surface area contributed by atoms with Gasteiger partial charge in [0, 0.05) is 104 Å². The van der Waals surface area contributed by atoms with Gasteiger partial charge < -0.3 is 126 Å². The van der Waals surface area contributed by atoms with Crippen LogP contribution in [0.2, 0.25) is 0 Å². The largest absolute Gasteiger partial charge is 0.521 e. The molecule has 2 radical (unpaired) electrons. The molecule has 4 rings (SSSR count). The molecule has 0 aromatic heterocycles. The first-order valence-corrected chi connectivity index (χ1v) is 37.2. The van der Waals surface area contributed by atoms with Crippen LogP contribution in [0.1, 0.15) is 219 Å². The third-order valence-corrected chi connectivity index (χ3v) is 15.9. The van der Waals surface area contributed by atoms with E-state index in [4.69, 9.17) is 53.4 Å². The second-order valence-corrected chi connectivity index (χ2v) is 35.7. The molecule has 0 spiro atoms. The van der Waals surface area contributed by atoms with Crippen LogP contribution in [0.4, 0.5) is 14.4 Å². The van der Waals surface area contributed by atoms with Crippen molar-refractivity contribution in [2.45, 2.75) is 302 Å². The van der Waals surface area contributed by atoms with Crippen LogP contribution in [-0.4, -0.2) is 256 Å². The van der Waals surface area contributed by atoms with Gasteiger partial charge in [-0.2, -0.15) is 0 Å². The van der Waals surface area contributed by atoms with Gasteiger partial charge in [0.15, 0.2) is 0 Å². The van der Waals surface area contributed by atoms with Crippen LogP contribution < -0.4 is 21.3 Å². The molecule has 0 aromatic rings. The topological polar surface area (TPSA) is 451 Å². The molecule has 8 N–H and O–H groups in total. The van der Waals surface area contributed by atoms with Crippen LogP contribution >= 0.6 is 12.4 Å². The summed E-state index contributed by atoms with van der Waals surface area (Å²) < 4.78 is 39.8. The molecule has 674 valence electrons. The first-order chi connectivity index (χ1) is 51.6. The predicted octanol–water partition coefficient (Wildman–Crippen LogP) is 9.34. The molecule has 4 aliphatic rings. The maximum atomic E-state index is 13.4. The number of hydrogen-bond donors (Lipinski definition) is 8. The Morgan fingerprint density at radius 2 is 0.786 bits per heavy atom. The smallest absolute Gasteiger partial charge is 0.408 e. The van der Waals surface area contributed by atoms with Crippen LogP contribution in [-0.2, 0) is 151 Å². The van der Waals surface area contributed by atoms with Crippen molar-refractivity contribution in [3.05, 3.63) is 40.2 Å². The zero-order valence-electron chi connectivity index (χ0n) is 75.4. The number of nitrogens with one attached hydrogen (secondary N) is 4. The Morgan fingerprint density at radius 3 is 1.05 bits per heavy atom. The summed E-state index contributed by atoms with van der Waals surface area (Å²) in [4.78, 5) is 155. The summed E-state index contributed by atoms with van der Waals surface area (Å²) in [5.41, 5.74) is -3.98. The Morgan fingerprint density at radius 1 is 0.479 bits per heavy atom. The number of carbonyl (C=O) groups excluding carboxylic acids is 11. The summed E-state index contributed by atoms with van der Waals surface area (Å²) in [5, 5.41) is 52.8. The van der Waals surface area contributed by atoms with Crippen molar-refractivity contribution in [2.24, 2.45) is 43.8 Å². The van der Waals surface area contributed by atoms with Gasteiger partial charge in [-0.1, -0.05) is 115 Å². The number of oxime groups is 2. The average Bonchev–Trinajstić information content (AvgIpc) is 1.29. The van der Waals surface area contributed by atoms with Gasteiger partial charge in [0.25, 0.3) is 0 Å². The summed E-state index contributed by atoms with van der Waals surface area (Å²) in [6.45, 7) is 70.1. The molecule has 4 saturated heterocycles. The number of aliphatic carboxylic acids is 1. The maximum absolute atomic E-state index is 13.4. The number of aliphatic hydroxyl groups excluding tert-OH is 2. The van der Waals surface area contributed by atoms with Crippen molar-refractivity contribution >= 4 is 95.6 Å². The first-order valence-electron chi connectivity index (χ1n) is 37.2. The average molecular weight is 1840 g/mol. The molecule has 4 heterocycles. The Hall–Kier alpha value is -6.42. The summed E-state index contributed by atoms with van der Waals surface area (Å²) in [6, 6.07) is -5.25. The number of likely N-dealkylation sites (tertiary alicyclic amines) is 3. The van der Waals surface area contributed by atoms with Crippen molar-refractivity contribution in [1.82, 2.24) is 36.0 Å². The molecular weight excluding hydrogens is 1700 g/mol. The van der Waals surface area contributed by atoms with Gasteiger partial charge in [-0.05, 0) is 117 Å². The van der Waals surface area contributed by atoms with Crippen LogP contribution in [0.3, 0.4) is 0 Å². The zero-order chi connectivity index (χ0) is 90.7. The van der Waals surface area contributed by atoms with Crippen molar-refractivity contribution in [1.29, 1.82) is 0 Å². The van der Waals surface area contributed by atoms with Gasteiger partial charge in [0.05, 0.1) is 59.5 Å². The number of nitrogens with zero attached hydrogens (tertiary/aromatic N) is 5. The van der Waals surface area contributed by atoms with E-state index in [2.05, 4.69) is 76.5 Å². The van der Waals surface area contributed by atoms with Gasteiger partial charge in [-0.15, -0.1) is 22.7 Å². The van der Waals surface area contributed by atoms with E-state index in [1.807, 2.05) is 48.5 Å². The van der Waals surface area contributed by atoms with Crippen LogP contribution in [0.15, 0.2) is 23.5 Å². The molecule has 37 heteroatoms. The molecule has 4 aliphatic heterocycles. The minimum absolute atomic E-state index is 0. The third kappa shape index (κ3) is 51.1. The van der Waals surface area contributed by atoms with Crippen LogP contribution in [0.5, 0.6) is 0 Å². The number of methoxy groups -OCH3 is 4. The van der Waals surface area contributed by atoms with Gasteiger partial charge in [-0.3, -0.25) is 41.9 Å². The van der Waals surface area contributed by atoms with Gasteiger partial charge in [0.1, 0.15) is 70.8 Å². The summed E-state index contributed by atoms with van der Waals surface area (Å²) in [6.07, 6.45) is -2.48. The standard InChI is InChI=1S/C20H34N3O6.C18H32N2O5.C17H30N2O6.C12H22O4.C6H11NO3.C3H6NO.2C2H3.ClH.2Y/c1-12(2)22-29-13-10-14(17(25)27-9)23(11-13)16(24)15(19(3,4)5)21-18(26)28-20(6,7)8;1-11-9-12(15(22)24-8)20(10-11)14(21)13(17(2,3)4)19-16(23)25-18(5,6)7;1-16(2,3)12(18-15(23)25-17(4,5)6)13(21)19-9-10(20)8-11(19)14(22)24-7;1-11(2,3)8(10(14)15)7-9(13)16-12(4,5)6;1-10-6(9)5-2-4(8)3-7-5;1-3(2)4-5;2*1-2;;;/h13-15H,1,10-11H2,2-9H3,(H,21,26);11-13H,9-10H2,1-8H3,(H,19,23);10-12,20H,8-9H2,1-7H3,(H,18,23);8H,7H2,1-6H3,(H,14,15);4-5,7-8H,2-3H2,1H3;5H,1H2,2H3;2*1H,2H2;1H;;/q-1;;;;;3*-1;;;/b22-12+;;;;;;;;;;/t13-,14+,15-;11-,12-,13+;10-,11-,12+;;4-,5-;;;;;;/m100.0....../s1. The molecule has 34 nitrogen and oxygen atoms in total. The second-order valence-electron chi connectivity index (χ2n) is 35.7. The third-order valence-electron chi connectivity index (χ3n) is 15.9. The molecule has 0 bridgehead atoms. The Kier molecular flexibility index (Phi) is 58.7. The van der Waals surface area contributed by atoms with E-state index in [1.54, 1.807) is 138 Å². The van der Waals surface area contributed by atoms with E-state index in [9.17, 15) is 62.6 Å². The fourth-order valence-electron chi connectivity index (χ4n) is 10.8. The Balaban J connectivity index is -0.000000257. The molecule has 1 unspecified atom stereocenters. The van der Waals surface area contributed by atoms with Crippen LogP contribution in [0.25, 0.3) is 0 Å². The van der Waals surface area contributed by atoms with E-state index >= 15 is 0 Å². The molecule has 0 aromatic carbocycles. The fourth-order valence-corrected chi connectivity index (χ4v) is 10.8. The number of rotatable bonds is 15. The number of aliphatic hydroxyl groups is 2. The van der Waals surface area contributed by atoms with Crippen molar-refractivity contribution in [2.75, 3.05) is 54.6 Å². The number of hydrogen-bond acceptors (Lipinski definition) is 27. The summed E-state index contributed by atoms with van der Waals surface area (Å²) in [7, 11) is 5.15. The van der Waals surface area contributed by atoms with E-state index < -0.39 is 164 Å². The Bertz CT molecular complexity index is 3060. The number of ether oxygens (including phenoxy) is 8. The van der Waals surface area contributed by atoms with Gasteiger partial charge in [-0.25, -0.2) is 28.8 Å². The number of amides is 6. The fraction of sp³-hybridized carbons (Fsp3) is 0.750. The molecule has 0 saturated carbocycles. The quantitative estimate of drug-likeness (QED) is 0.0189. The first kappa shape index (κ1) is 124.